The van der Waals surface area contributed by atoms with E-state index in [0.717, 1.165) is 5.56 Å². The zero-order chi connectivity index (χ0) is 17.0. The molecule has 1 heterocycles. The molecule has 0 aliphatic rings. The van der Waals surface area contributed by atoms with E-state index in [1.807, 2.05) is 36.2 Å². The molecule has 1 aromatic heterocycles. The number of nitrogen functional groups attached to an aromatic ring is 1. The molecule has 2 rings (SSSR count). The Balaban J connectivity index is 2.00. The van der Waals surface area contributed by atoms with E-state index in [0.29, 0.717) is 5.75 Å². The minimum atomic E-state index is -0.803. The fourth-order valence-corrected chi connectivity index (χ4v) is 1.94. The second-order valence-corrected chi connectivity index (χ2v) is 5.20. The molecular formula is C15H18N4O4. The van der Waals surface area contributed by atoms with E-state index in [1.165, 1.54) is 0 Å². The van der Waals surface area contributed by atoms with Gasteiger partial charge in [0.05, 0.1) is 6.04 Å². The molecule has 1 aromatic carbocycles. The number of hydrogen-bond acceptors (Lipinski definition) is 5. The number of carbonyl (C=O) groups excluding carboxylic acids is 1. The molecule has 5 N–H and O–H groups in total. The number of aromatic nitrogens is 2. The lowest BCUT2D eigenvalue weighted by atomic mass is 10.2. The Morgan fingerprint density at radius 2 is 2.09 bits per heavy atom. The van der Waals surface area contributed by atoms with Crippen LogP contribution < -0.4 is 27.0 Å². The lowest BCUT2D eigenvalue weighted by Crippen LogP contribution is -2.40. The predicted molar refractivity (Wildman–Crippen MR) is 85.7 cm³/mol. The molecule has 122 valence electrons. The maximum atomic E-state index is 12.1. The zero-order valence-electron chi connectivity index (χ0n) is 12.8. The van der Waals surface area contributed by atoms with Crippen LogP contribution in [0.15, 0.2) is 33.9 Å². The first-order valence-corrected chi connectivity index (χ1v) is 6.99. The van der Waals surface area contributed by atoms with E-state index in [2.05, 4.69) is 10.3 Å². The molecule has 0 unspecified atom stereocenters. The van der Waals surface area contributed by atoms with Crippen LogP contribution in [0.4, 0.5) is 5.69 Å². The highest BCUT2D eigenvalue weighted by Crippen LogP contribution is 2.12. The summed E-state index contributed by atoms with van der Waals surface area (Å²) in [5.41, 5.74) is 4.37. The van der Waals surface area contributed by atoms with Crippen LogP contribution in [-0.4, -0.2) is 28.5 Å². The van der Waals surface area contributed by atoms with E-state index in [4.69, 9.17) is 10.5 Å². The summed E-state index contributed by atoms with van der Waals surface area (Å²) < 4.78 is 5.58. The Kier molecular flexibility index (Phi) is 4.85. The van der Waals surface area contributed by atoms with Gasteiger partial charge in [-0.15, -0.1) is 0 Å². The van der Waals surface area contributed by atoms with Gasteiger partial charge in [-0.3, -0.25) is 14.6 Å². The predicted octanol–water partition coefficient (Wildman–Crippen LogP) is 0.151. The number of H-pyrrole nitrogens is 2. The van der Waals surface area contributed by atoms with Gasteiger partial charge in [0.1, 0.15) is 23.7 Å². The highest BCUT2D eigenvalue weighted by Gasteiger charge is 2.16. The minimum Gasteiger partial charge on any atom is -0.491 e. The molecule has 0 saturated carbocycles. The van der Waals surface area contributed by atoms with Crippen molar-refractivity contribution in [1.82, 2.24) is 15.3 Å². The van der Waals surface area contributed by atoms with Crippen LogP contribution in [0.1, 0.15) is 23.0 Å². The lowest BCUT2D eigenvalue weighted by molar-refractivity contribution is 0.0922. The third-order valence-electron chi connectivity index (χ3n) is 3.07. The number of carbonyl (C=O) groups is 1. The molecule has 0 radical (unpaired) electrons. The van der Waals surface area contributed by atoms with Gasteiger partial charge in [-0.25, -0.2) is 4.79 Å². The van der Waals surface area contributed by atoms with Crippen molar-refractivity contribution in [1.29, 1.82) is 0 Å². The smallest absolute Gasteiger partial charge is 0.326 e. The summed E-state index contributed by atoms with van der Waals surface area (Å²) in [5, 5.41) is 2.61. The van der Waals surface area contributed by atoms with Gasteiger partial charge < -0.3 is 20.8 Å². The molecular weight excluding hydrogens is 300 g/mol. The average molecular weight is 318 g/mol. The Bertz CT molecular complexity index is 825. The van der Waals surface area contributed by atoms with Crippen LogP contribution in [0.3, 0.4) is 0 Å². The van der Waals surface area contributed by atoms with E-state index in [-0.39, 0.29) is 24.0 Å². The van der Waals surface area contributed by atoms with Gasteiger partial charge in [0, 0.05) is 0 Å². The molecule has 2 aromatic rings. The first kappa shape index (κ1) is 16.3. The highest BCUT2D eigenvalue weighted by atomic mass is 16.5. The standard InChI is InChI=1S/C15H18N4O4/c1-8-4-3-5-10(6-8)23-7-9(2)17-14(21)12-11(16)13(20)19-15(22)18-12/h3-6,9H,7,16H2,1-2H3,(H,17,21)(H2,18,19,20,22)/t9-/m1/s1. The van der Waals surface area contributed by atoms with E-state index < -0.39 is 17.2 Å². The normalized spacial score (nSPS) is 11.7. The monoisotopic (exact) mass is 318 g/mol. The molecule has 0 aliphatic heterocycles. The minimum absolute atomic E-state index is 0.225. The topological polar surface area (TPSA) is 130 Å². The summed E-state index contributed by atoms with van der Waals surface area (Å²) in [7, 11) is 0. The molecule has 0 bridgehead atoms. The Morgan fingerprint density at radius 1 is 1.35 bits per heavy atom. The number of aromatic amines is 2. The molecule has 8 heteroatoms. The van der Waals surface area contributed by atoms with Gasteiger partial charge in [0.2, 0.25) is 0 Å². The first-order chi connectivity index (χ1) is 10.9. The molecule has 1 amide bonds. The first-order valence-electron chi connectivity index (χ1n) is 6.99. The van der Waals surface area contributed by atoms with Gasteiger partial charge in [-0.2, -0.15) is 0 Å². The maximum absolute atomic E-state index is 12.1. The highest BCUT2D eigenvalue weighted by molar-refractivity contribution is 5.96. The molecule has 8 nitrogen and oxygen atoms in total. The third-order valence-corrected chi connectivity index (χ3v) is 3.07. The molecule has 0 saturated heterocycles. The van der Waals surface area contributed by atoms with E-state index >= 15 is 0 Å². The van der Waals surface area contributed by atoms with Crippen molar-refractivity contribution in [3.63, 3.8) is 0 Å². The quantitative estimate of drug-likeness (QED) is 0.623. The number of aryl methyl sites for hydroxylation is 1. The van der Waals surface area contributed by atoms with Crippen molar-refractivity contribution in [2.24, 2.45) is 0 Å². The van der Waals surface area contributed by atoms with Crippen LogP contribution in [0.5, 0.6) is 5.75 Å². The fraction of sp³-hybridized carbons (Fsp3) is 0.267. The van der Waals surface area contributed by atoms with Crippen molar-refractivity contribution in [2.75, 3.05) is 12.3 Å². The van der Waals surface area contributed by atoms with Crippen molar-refractivity contribution in [3.05, 3.63) is 56.4 Å². The van der Waals surface area contributed by atoms with E-state index in [9.17, 15) is 14.4 Å². The number of amides is 1. The van der Waals surface area contributed by atoms with Crippen LogP contribution in [0.25, 0.3) is 0 Å². The zero-order valence-corrected chi connectivity index (χ0v) is 12.8. The molecule has 1 atom stereocenters. The van der Waals surface area contributed by atoms with E-state index in [1.54, 1.807) is 6.92 Å². The van der Waals surface area contributed by atoms with Crippen molar-refractivity contribution < 1.29 is 9.53 Å². The van der Waals surface area contributed by atoms with Gasteiger partial charge in [0.15, 0.2) is 0 Å². The number of anilines is 1. The van der Waals surface area contributed by atoms with Crippen molar-refractivity contribution >= 4 is 11.6 Å². The number of ether oxygens (including phenoxy) is 1. The lowest BCUT2D eigenvalue weighted by Gasteiger charge is -2.15. The van der Waals surface area contributed by atoms with Crippen LogP contribution in [0.2, 0.25) is 0 Å². The summed E-state index contributed by atoms with van der Waals surface area (Å²) in [4.78, 5) is 38.8. The number of benzene rings is 1. The van der Waals surface area contributed by atoms with Gasteiger partial charge >= 0.3 is 5.69 Å². The Hall–Kier alpha value is -3.03. The number of nitrogens with one attached hydrogen (secondary N) is 3. The summed E-state index contributed by atoms with van der Waals surface area (Å²) in [6, 6.07) is 7.15. The number of nitrogens with two attached hydrogens (primary N) is 1. The fourth-order valence-electron chi connectivity index (χ4n) is 1.94. The summed E-state index contributed by atoms with van der Waals surface area (Å²) in [6.45, 7) is 3.90. The van der Waals surface area contributed by atoms with Crippen molar-refractivity contribution in [2.45, 2.75) is 19.9 Å². The van der Waals surface area contributed by atoms with Crippen LogP contribution in [0, 0.1) is 6.92 Å². The average Bonchev–Trinajstić information content (AvgIpc) is 2.49. The third kappa shape index (κ3) is 4.22. The largest absolute Gasteiger partial charge is 0.491 e. The summed E-state index contributed by atoms with van der Waals surface area (Å²) in [5.74, 6) is 0.0428. The van der Waals surface area contributed by atoms with Crippen LogP contribution >= 0.6 is 0 Å². The second-order valence-electron chi connectivity index (χ2n) is 5.20. The van der Waals surface area contributed by atoms with Gasteiger partial charge in [-0.05, 0) is 31.5 Å². The number of hydrogen-bond donors (Lipinski definition) is 4. The van der Waals surface area contributed by atoms with Crippen molar-refractivity contribution in [3.8, 4) is 5.75 Å². The SMILES string of the molecule is Cc1cccc(OC[C@@H](C)NC(=O)c2[nH]c(=O)[nH]c(=O)c2N)c1. The van der Waals surface area contributed by atoms with Gasteiger partial charge in [-0.1, -0.05) is 12.1 Å². The second kappa shape index (κ2) is 6.82. The molecule has 0 aliphatic carbocycles. The van der Waals surface area contributed by atoms with Crippen LogP contribution in [-0.2, 0) is 0 Å². The maximum Gasteiger partial charge on any atom is 0.326 e. The molecule has 23 heavy (non-hydrogen) atoms. The Morgan fingerprint density at radius 3 is 2.78 bits per heavy atom. The Labute approximate surface area is 131 Å². The molecule has 0 fully saturated rings. The van der Waals surface area contributed by atoms with Gasteiger partial charge in [0.25, 0.3) is 11.5 Å². The number of rotatable bonds is 5. The summed E-state index contributed by atoms with van der Waals surface area (Å²) in [6.07, 6.45) is 0. The summed E-state index contributed by atoms with van der Waals surface area (Å²) >= 11 is 0. The molecule has 0 spiro atoms.